The second-order valence-electron chi connectivity index (χ2n) is 7.38. The molecule has 1 aromatic carbocycles. The first kappa shape index (κ1) is 20.4. The molecule has 0 radical (unpaired) electrons. The largest absolute Gasteiger partial charge is 0.489 e. The van der Waals surface area contributed by atoms with Gasteiger partial charge >= 0.3 is 0 Å². The second kappa shape index (κ2) is 8.81. The predicted molar refractivity (Wildman–Crippen MR) is 107 cm³/mol. The normalized spacial score (nSPS) is 12.4. The summed E-state index contributed by atoms with van der Waals surface area (Å²) in [7, 11) is 0. The van der Waals surface area contributed by atoms with Crippen LogP contribution >= 0.6 is 0 Å². The van der Waals surface area contributed by atoms with Crippen LogP contribution < -0.4 is 10.1 Å². The van der Waals surface area contributed by atoms with Gasteiger partial charge in [0.05, 0.1) is 24.1 Å². The van der Waals surface area contributed by atoms with E-state index in [-0.39, 0.29) is 25.1 Å². The van der Waals surface area contributed by atoms with E-state index in [4.69, 9.17) is 4.74 Å². The number of hydrogen-bond acceptors (Lipinski definition) is 5. The van der Waals surface area contributed by atoms with Gasteiger partial charge in [0, 0.05) is 5.56 Å². The maximum absolute atomic E-state index is 13.5. The molecule has 0 saturated heterocycles. The monoisotopic (exact) mass is 397 g/mol. The van der Waals surface area contributed by atoms with Gasteiger partial charge in [-0.05, 0) is 32.9 Å². The number of hydrogen-bond donors (Lipinski definition) is 1. The van der Waals surface area contributed by atoms with Crippen LogP contribution in [-0.4, -0.2) is 38.2 Å². The van der Waals surface area contributed by atoms with Gasteiger partial charge in [0.15, 0.2) is 0 Å². The maximum Gasteiger partial charge on any atom is 0.242 e. The molecule has 2 heterocycles. The second-order valence-corrected chi connectivity index (χ2v) is 7.38. The molecule has 0 fully saturated rings. The number of carbonyl (C=O) groups is 1. The summed E-state index contributed by atoms with van der Waals surface area (Å²) in [6, 6.07) is 12.8. The number of aromatic nitrogens is 4. The SMILES string of the molecule is C[C@@H](NC(=O)Cn1cc(-c2ccccc2)nn1)c1ccc(OCC(C)(C)F)cn1. The number of rotatable bonds is 8. The molecule has 3 aromatic rings. The Morgan fingerprint density at radius 3 is 2.66 bits per heavy atom. The third kappa shape index (κ3) is 6.10. The first-order valence-corrected chi connectivity index (χ1v) is 9.33. The molecule has 1 N–H and O–H groups in total. The molecule has 0 spiro atoms. The molecule has 0 aliphatic rings. The van der Waals surface area contributed by atoms with Gasteiger partial charge in [-0.3, -0.25) is 9.78 Å². The summed E-state index contributed by atoms with van der Waals surface area (Å²) < 4.78 is 20.4. The summed E-state index contributed by atoms with van der Waals surface area (Å²) >= 11 is 0. The van der Waals surface area contributed by atoms with Crippen molar-refractivity contribution in [2.75, 3.05) is 6.61 Å². The Labute approximate surface area is 168 Å². The molecule has 1 atom stereocenters. The molecule has 8 heteroatoms. The van der Waals surface area contributed by atoms with E-state index in [1.165, 1.54) is 24.7 Å². The predicted octanol–water partition coefficient (Wildman–Crippen LogP) is 3.34. The topological polar surface area (TPSA) is 81.9 Å². The van der Waals surface area contributed by atoms with E-state index in [2.05, 4.69) is 20.6 Å². The first-order valence-electron chi connectivity index (χ1n) is 9.33. The Balaban J connectivity index is 1.53. The van der Waals surface area contributed by atoms with Crippen LogP contribution in [0.1, 0.15) is 32.5 Å². The van der Waals surface area contributed by atoms with Crippen molar-refractivity contribution in [3.63, 3.8) is 0 Å². The summed E-state index contributed by atoms with van der Waals surface area (Å²) in [5, 5.41) is 11.0. The Bertz CT molecular complexity index is 936. The van der Waals surface area contributed by atoms with E-state index in [9.17, 15) is 9.18 Å². The van der Waals surface area contributed by atoms with Crippen molar-refractivity contribution in [1.29, 1.82) is 0 Å². The van der Waals surface area contributed by atoms with Gasteiger partial charge in [-0.15, -0.1) is 5.10 Å². The van der Waals surface area contributed by atoms with Crippen molar-refractivity contribution in [2.24, 2.45) is 0 Å². The minimum Gasteiger partial charge on any atom is -0.489 e. The Morgan fingerprint density at radius 2 is 2.00 bits per heavy atom. The fourth-order valence-electron chi connectivity index (χ4n) is 2.61. The lowest BCUT2D eigenvalue weighted by atomic mass is 10.2. The van der Waals surface area contributed by atoms with E-state index < -0.39 is 5.67 Å². The molecule has 152 valence electrons. The standard InChI is InChI=1S/C21H24FN5O2/c1-15(18-10-9-17(11-23-18)29-14-21(2,3)22)24-20(28)13-27-12-19(25-26-27)16-7-5-4-6-8-16/h4-12,15H,13-14H2,1-3H3,(H,24,28)/t15-/m1/s1. The van der Waals surface area contributed by atoms with Crippen molar-refractivity contribution in [1.82, 2.24) is 25.3 Å². The molecular weight excluding hydrogens is 373 g/mol. The van der Waals surface area contributed by atoms with Gasteiger partial charge < -0.3 is 10.1 Å². The van der Waals surface area contributed by atoms with Crippen LogP contribution in [0.2, 0.25) is 0 Å². The van der Waals surface area contributed by atoms with E-state index in [1.54, 1.807) is 18.3 Å². The zero-order valence-electron chi connectivity index (χ0n) is 16.7. The minimum absolute atomic E-state index is 0.0524. The highest BCUT2D eigenvalue weighted by molar-refractivity contribution is 5.76. The van der Waals surface area contributed by atoms with Crippen LogP contribution in [0.5, 0.6) is 5.75 Å². The molecule has 29 heavy (non-hydrogen) atoms. The molecular formula is C21H24FN5O2. The molecule has 7 nitrogen and oxygen atoms in total. The highest BCUT2D eigenvalue weighted by Gasteiger charge is 2.17. The third-order valence-corrected chi connectivity index (χ3v) is 4.08. The molecule has 0 bridgehead atoms. The van der Waals surface area contributed by atoms with E-state index in [0.717, 1.165) is 5.56 Å². The van der Waals surface area contributed by atoms with Crippen LogP contribution in [0.3, 0.4) is 0 Å². The number of pyridine rings is 1. The van der Waals surface area contributed by atoms with Gasteiger partial charge in [0.25, 0.3) is 0 Å². The van der Waals surface area contributed by atoms with Gasteiger partial charge in [-0.25, -0.2) is 9.07 Å². The smallest absolute Gasteiger partial charge is 0.242 e. The molecule has 0 unspecified atom stereocenters. The Kier molecular flexibility index (Phi) is 6.21. The highest BCUT2D eigenvalue weighted by Crippen LogP contribution is 2.17. The number of carbonyl (C=O) groups excluding carboxylic acids is 1. The number of ether oxygens (including phenoxy) is 1. The van der Waals surface area contributed by atoms with Crippen LogP contribution in [-0.2, 0) is 11.3 Å². The maximum atomic E-state index is 13.5. The van der Waals surface area contributed by atoms with Crippen LogP contribution in [0.15, 0.2) is 54.9 Å². The Hall–Kier alpha value is -3.29. The van der Waals surface area contributed by atoms with Gasteiger partial charge in [-0.1, -0.05) is 35.5 Å². The first-order chi connectivity index (χ1) is 13.8. The summed E-state index contributed by atoms with van der Waals surface area (Å²) in [5.41, 5.74) is 0.908. The van der Waals surface area contributed by atoms with Gasteiger partial charge in [-0.2, -0.15) is 0 Å². The number of benzene rings is 1. The fourth-order valence-corrected chi connectivity index (χ4v) is 2.61. The number of amides is 1. The number of nitrogens with zero attached hydrogens (tertiary/aromatic N) is 4. The lowest BCUT2D eigenvalue weighted by Crippen LogP contribution is -2.30. The van der Waals surface area contributed by atoms with Crippen molar-refractivity contribution < 1.29 is 13.9 Å². The van der Waals surface area contributed by atoms with Crippen molar-refractivity contribution >= 4 is 5.91 Å². The average Bonchev–Trinajstić information content (AvgIpc) is 3.15. The van der Waals surface area contributed by atoms with Gasteiger partial charge in [0.1, 0.15) is 30.3 Å². The van der Waals surface area contributed by atoms with E-state index >= 15 is 0 Å². The molecule has 1 amide bonds. The van der Waals surface area contributed by atoms with Gasteiger partial charge in [0.2, 0.25) is 5.91 Å². The van der Waals surface area contributed by atoms with Crippen LogP contribution in [0, 0.1) is 0 Å². The lowest BCUT2D eigenvalue weighted by Gasteiger charge is -2.16. The van der Waals surface area contributed by atoms with Crippen LogP contribution in [0.25, 0.3) is 11.3 Å². The zero-order chi connectivity index (χ0) is 20.9. The van der Waals surface area contributed by atoms with Crippen LogP contribution in [0.4, 0.5) is 4.39 Å². The minimum atomic E-state index is -1.42. The highest BCUT2D eigenvalue weighted by atomic mass is 19.1. The van der Waals surface area contributed by atoms with E-state index in [0.29, 0.717) is 17.1 Å². The summed E-state index contributed by atoms with van der Waals surface area (Å²) in [5.74, 6) is 0.275. The number of nitrogens with one attached hydrogen (secondary N) is 1. The fraction of sp³-hybridized carbons (Fsp3) is 0.333. The quantitative estimate of drug-likeness (QED) is 0.630. The Morgan fingerprint density at radius 1 is 1.24 bits per heavy atom. The summed E-state index contributed by atoms with van der Waals surface area (Å²) in [4.78, 5) is 16.6. The molecule has 3 rings (SSSR count). The number of halogens is 1. The summed E-state index contributed by atoms with van der Waals surface area (Å²) in [6.07, 6.45) is 3.25. The molecule has 0 aliphatic carbocycles. The third-order valence-electron chi connectivity index (χ3n) is 4.08. The molecule has 2 aromatic heterocycles. The summed E-state index contributed by atoms with van der Waals surface area (Å²) in [6.45, 7) is 4.73. The number of alkyl halides is 1. The average molecular weight is 397 g/mol. The molecule has 0 saturated carbocycles. The van der Waals surface area contributed by atoms with Crippen molar-refractivity contribution in [3.8, 4) is 17.0 Å². The van der Waals surface area contributed by atoms with E-state index in [1.807, 2.05) is 37.3 Å². The van der Waals surface area contributed by atoms with Crippen molar-refractivity contribution in [2.45, 2.75) is 39.0 Å². The zero-order valence-corrected chi connectivity index (χ0v) is 16.7. The van der Waals surface area contributed by atoms with Crippen molar-refractivity contribution in [3.05, 3.63) is 60.6 Å². The lowest BCUT2D eigenvalue weighted by molar-refractivity contribution is -0.122. The molecule has 0 aliphatic heterocycles.